The summed E-state index contributed by atoms with van der Waals surface area (Å²) in [5.41, 5.74) is 0.466. The zero-order chi connectivity index (χ0) is 13.9. The number of aromatic nitrogens is 2. The summed E-state index contributed by atoms with van der Waals surface area (Å²) in [5, 5.41) is 11.9. The molecule has 0 radical (unpaired) electrons. The summed E-state index contributed by atoms with van der Waals surface area (Å²) in [6.45, 7) is 1.35. The molecule has 1 aliphatic rings. The van der Waals surface area contributed by atoms with Crippen LogP contribution in [0.1, 0.15) is 10.4 Å². The van der Waals surface area contributed by atoms with Crippen LogP contribution in [0.25, 0.3) is 0 Å². The Morgan fingerprint density at radius 1 is 1.35 bits per heavy atom. The Labute approximate surface area is 114 Å². The van der Waals surface area contributed by atoms with Crippen molar-refractivity contribution in [1.82, 2.24) is 9.98 Å². The van der Waals surface area contributed by atoms with Gasteiger partial charge in [0, 0.05) is 30.6 Å². The highest BCUT2D eigenvalue weighted by Crippen LogP contribution is 2.14. The molecule has 1 saturated heterocycles. The molecule has 8 heteroatoms. The Hall–Kier alpha value is -2.35. The van der Waals surface area contributed by atoms with Gasteiger partial charge in [-0.3, -0.25) is 5.01 Å². The van der Waals surface area contributed by atoms with E-state index >= 15 is 0 Å². The topological polar surface area (TPSA) is 82.0 Å². The van der Waals surface area contributed by atoms with Crippen molar-refractivity contribution in [3.05, 3.63) is 35.9 Å². The average molecular weight is 281 g/mol. The molecule has 0 saturated carbocycles. The van der Waals surface area contributed by atoms with Crippen molar-refractivity contribution in [2.24, 2.45) is 5.92 Å². The Morgan fingerprint density at radius 3 is 2.80 bits per heavy atom. The Bertz CT molecular complexity index is 552. The van der Waals surface area contributed by atoms with Crippen LogP contribution in [0.15, 0.2) is 35.0 Å². The highest BCUT2D eigenvalue weighted by atomic mass is 17.0. The number of aliphatic hydroxyl groups excluding tert-OH is 1. The number of nitrogens with zero attached hydrogens (tertiary/aromatic N) is 3. The largest absolute Gasteiger partial charge is 0.422 e. The minimum Gasteiger partial charge on any atom is -0.422 e. The minimum atomic E-state index is -0.455. The first-order valence-electron chi connectivity index (χ1n) is 6.27. The number of carbonyl (C=O) groups is 1. The van der Waals surface area contributed by atoms with E-state index in [9.17, 15) is 4.79 Å². The highest BCUT2D eigenvalue weighted by molar-refractivity contribution is 5.89. The van der Waals surface area contributed by atoms with E-state index in [-0.39, 0.29) is 19.3 Å². The van der Waals surface area contributed by atoms with E-state index in [0.29, 0.717) is 18.7 Å². The maximum Gasteiger partial charge on any atom is 0.341 e. The van der Waals surface area contributed by atoms with Gasteiger partial charge >= 0.3 is 5.97 Å². The summed E-state index contributed by atoms with van der Waals surface area (Å²) in [7, 11) is 0. The van der Waals surface area contributed by atoms with E-state index in [1.807, 2.05) is 11.1 Å². The minimum absolute atomic E-state index is 0.167. The van der Waals surface area contributed by atoms with Crippen LogP contribution in [0.5, 0.6) is 0 Å². The van der Waals surface area contributed by atoms with E-state index in [4.69, 9.17) is 19.3 Å². The van der Waals surface area contributed by atoms with Crippen LogP contribution < -0.4 is 9.85 Å². The SMILES string of the molecule is O=C(OCOn1on1N1CC(CO)C1)c1ccccc1. The van der Waals surface area contributed by atoms with Crippen LogP contribution in [-0.4, -0.2) is 47.5 Å². The van der Waals surface area contributed by atoms with Gasteiger partial charge in [0.05, 0.1) is 5.56 Å². The van der Waals surface area contributed by atoms with Gasteiger partial charge in [0.2, 0.25) is 0 Å². The molecule has 1 fully saturated rings. The molecule has 0 bridgehead atoms. The normalized spacial score (nSPS) is 15.2. The Kier molecular flexibility index (Phi) is 3.38. The first kappa shape index (κ1) is 12.7. The lowest BCUT2D eigenvalue weighted by Gasteiger charge is -2.34. The lowest BCUT2D eigenvalue weighted by atomic mass is 10.0. The second-order valence-corrected chi connectivity index (χ2v) is 4.54. The summed E-state index contributed by atoms with van der Waals surface area (Å²) < 4.78 is 9.93. The van der Waals surface area contributed by atoms with Gasteiger partial charge in [-0.05, 0) is 12.1 Å². The predicted octanol–water partition coefficient (Wildman–Crippen LogP) is -0.314. The standard InChI is InChI=1S/C12H15N3O5/c16-8-10-6-13(7-10)14-15(20-14)19-9-18-12(17)11-4-2-1-3-5-11/h1-5,10,16H,6-9H2. The van der Waals surface area contributed by atoms with E-state index in [1.54, 1.807) is 24.3 Å². The monoisotopic (exact) mass is 281 g/mol. The number of hydrogen-bond acceptors (Lipinski definition) is 6. The lowest BCUT2D eigenvalue weighted by Crippen LogP contribution is -2.53. The lowest BCUT2D eigenvalue weighted by molar-refractivity contribution is -0.0609. The number of rotatable bonds is 6. The third-order valence-electron chi connectivity index (χ3n) is 3.06. The third kappa shape index (κ3) is 2.64. The van der Waals surface area contributed by atoms with Crippen LogP contribution >= 0.6 is 0 Å². The molecule has 0 spiro atoms. The quantitative estimate of drug-likeness (QED) is 0.577. The maximum atomic E-state index is 11.6. The van der Waals surface area contributed by atoms with Gasteiger partial charge in [-0.25, -0.2) is 4.79 Å². The molecule has 0 amide bonds. The molecule has 0 atom stereocenters. The summed E-state index contributed by atoms with van der Waals surface area (Å²) in [4.78, 5) is 18.1. The van der Waals surface area contributed by atoms with E-state index in [0.717, 1.165) is 5.02 Å². The molecule has 1 aromatic heterocycles. The second kappa shape index (κ2) is 5.33. The van der Waals surface area contributed by atoms with Gasteiger partial charge < -0.3 is 14.7 Å². The number of carbonyl (C=O) groups excluding carboxylic acids is 1. The Morgan fingerprint density at radius 2 is 2.10 bits per heavy atom. The summed E-state index contributed by atoms with van der Waals surface area (Å²) in [5.74, 6) is -0.180. The van der Waals surface area contributed by atoms with E-state index < -0.39 is 5.97 Å². The zero-order valence-corrected chi connectivity index (χ0v) is 10.7. The smallest absolute Gasteiger partial charge is 0.341 e. The Balaban J connectivity index is 1.38. The number of benzene rings is 1. The van der Waals surface area contributed by atoms with Crippen LogP contribution in [0.3, 0.4) is 0 Å². The molecule has 0 unspecified atom stereocenters. The predicted molar refractivity (Wildman–Crippen MR) is 66.5 cm³/mol. The van der Waals surface area contributed by atoms with Gasteiger partial charge in [0.1, 0.15) is 5.02 Å². The first-order chi connectivity index (χ1) is 9.78. The van der Waals surface area contributed by atoms with Crippen LogP contribution in [0.2, 0.25) is 0 Å². The molecular weight excluding hydrogens is 266 g/mol. The zero-order valence-electron chi connectivity index (χ0n) is 10.7. The molecule has 1 N–H and O–H groups in total. The number of aliphatic hydroxyl groups is 1. The van der Waals surface area contributed by atoms with Crippen molar-refractivity contribution >= 4 is 5.97 Å². The molecule has 1 aliphatic heterocycles. The summed E-state index contributed by atoms with van der Waals surface area (Å²) in [6, 6.07) is 8.67. The molecule has 0 aliphatic carbocycles. The van der Waals surface area contributed by atoms with Crippen molar-refractivity contribution in [2.75, 3.05) is 31.5 Å². The van der Waals surface area contributed by atoms with Crippen molar-refractivity contribution in [1.29, 1.82) is 0 Å². The highest BCUT2D eigenvalue weighted by Gasteiger charge is 2.33. The molecule has 2 heterocycles. The van der Waals surface area contributed by atoms with Crippen molar-refractivity contribution < 1.29 is 24.1 Å². The maximum absolute atomic E-state index is 11.6. The number of hydrogen-bond donors (Lipinski definition) is 1. The van der Waals surface area contributed by atoms with Gasteiger partial charge in [-0.15, -0.1) is 0 Å². The average Bonchev–Trinajstić information content (AvgIpc) is 3.18. The van der Waals surface area contributed by atoms with Crippen LogP contribution in [0, 0.1) is 5.92 Å². The molecular formula is C12H15N3O5. The second-order valence-electron chi connectivity index (χ2n) is 4.54. The fourth-order valence-corrected chi connectivity index (χ4v) is 1.85. The third-order valence-corrected chi connectivity index (χ3v) is 3.06. The van der Waals surface area contributed by atoms with Crippen LogP contribution in [-0.2, 0) is 4.74 Å². The fraction of sp³-hybridized carbons (Fsp3) is 0.417. The van der Waals surface area contributed by atoms with Gasteiger partial charge in [0.15, 0.2) is 0 Å². The van der Waals surface area contributed by atoms with Crippen LogP contribution in [0.4, 0.5) is 0 Å². The number of esters is 1. The first-order valence-corrected chi connectivity index (χ1v) is 6.27. The van der Waals surface area contributed by atoms with Gasteiger partial charge in [-0.2, -0.15) is 4.63 Å². The molecule has 1 aromatic carbocycles. The van der Waals surface area contributed by atoms with Gasteiger partial charge in [0.25, 0.3) is 6.79 Å². The molecule has 20 heavy (non-hydrogen) atoms. The molecule has 8 nitrogen and oxygen atoms in total. The molecule has 2 aromatic rings. The summed E-state index contributed by atoms with van der Waals surface area (Å²) in [6.07, 6.45) is 0. The summed E-state index contributed by atoms with van der Waals surface area (Å²) >= 11 is 0. The fourth-order valence-electron chi connectivity index (χ4n) is 1.85. The van der Waals surface area contributed by atoms with Crippen molar-refractivity contribution in [3.8, 4) is 0 Å². The van der Waals surface area contributed by atoms with Crippen molar-refractivity contribution in [3.63, 3.8) is 0 Å². The number of ether oxygens (including phenoxy) is 1. The van der Waals surface area contributed by atoms with E-state index in [1.165, 1.54) is 4.96 Å². The van der Waals surface area contributed by atoms with E-state index in [2.05, 4.69) is 0 Å². The van der Waals surface area contributed by atoms with Crippen molar-refractivity contribution in [2.45, 2.75) is 0 Å². The van der Waals surface area contributed by atoms with Gasteiger partial charge in [-0.1, -0.05) is 18.2 Å². The molecule has 108 valence electrons. The molecule has 3 rings (SSSR count).